The highest BCUT2D eigenvalue weighted by Gasteiger charge is 2.06. The number of para-hydroxylation sites is 1. The Morgan fingerprint density at radius 2 is 1.68 bits per heavy atom. The van der Waals surface area contributed by atoms with Gasteiger partial charge in [-0.05, 0) is 46.6 Å². The minimum atomic E-state index is 0.561. The minimum Gasteiger partial charge on any atom is -0.332 e. The summed E-state index contributed by atoms with van der Waals surface area (Å²) < 4.78 is 1.92. The van der Waals surface area contributed by atoms with E-state index in [0.29, 0.717) is 11.7 Å². The number of rotatable bonds is 5. The summed E-state index contributed by atoms with van der Waals surface area (Å²) in [7, 11) is 0. The van der Waals surface area contributed by atoms with Gasteiger partial charge < -0.3 is 10.6 Å². The third kappa shape index (κ3) is 4.05. The molecular weight excluding hydrogens is 364 g/mol. The van der Waals surface area contributed by atoms with Gasteiger partial charge in [-0.15, -0.1) is 0 Å². The van der Waals surface area contributed by atoms with Crippen LogP contribution < -0.4 is 10.6 Å². The van der Waals surface area contributed by atoms with E-state index in [0.717, 1.165) is 17.8 Å². The van der Waals surface area contributed by atoms with E-state index in [1.807, 2.05) is 29.1 Å². The number of hydrogen-bond donors (Lipinski definition) is 2. The predicted octanol–water partition coefficient (Wildman–Crippen LogP) is 5.46. The first-order valence-electron chi connectivity index (χ1n) is 9.38. The molecule has 4 nitrogen and oxygen atoms in total. The maximum absolute atomic E-state index is 5.47. The van der Waals surface area contributed by atoms with Gasteiger partial charge in [-0.25, -0.2) is 0 Å². The van der Waals surface area contributed by atoms with Crippen LogP contribution in [0.5, 0.6) is 0 Å². The molecule has 0 aliphatic rings. The molecule has 0 aliphatic carbocycles. The van der Waals surface area contributed by atoms with Crippen molar-refractivity contribution in [2.75, 3.05) is 10.6 Å². The Bertz CT molecular complexity index is 1110. The van der Waals surface area contributed by atoms with Gasteiger partial charge in [0.15, 0.2) is 5.11 Å². The van der Waals surface area contributed by atoms with Crippen LogP contribution in [0.1, 0.15) is 18.1 Å². The highest BCUT2D eigenvalue weighted by atomic mass is 32.1. The summed E-state index contributed by atoms with van der Waals surface area (Å²) in [5, 5.41) is 14.0. The summed E-state index contributed by atoms with van der Waals surface area (Å²) in [5.74, 6) is 0. The van der Waals surface area contributed by atoms with Crippen molar-refractivity contribution in [3.05, 3.63) is 90.3 Å². The van der Waals surface area contributed by atoms with E-state index in [-0.39, 0.29) is 0 Å². The number of fused-ring (bicyclic) bond motifs is 1. The second-order valence-corrected chi connectivity index (χ2v) is 7.06. The fraction of sp³-hybridized carbons (Fsp3) is 0.130. The number of aromatic nitrogens is 2. The zero-order valence-corrected chi connectivity index (χ0v) is 16.5. The van der Waals surface area contributed by atoms with E-state index in [4.69, 9.17) is 12.2 Å². The van der Waals surface area contributed by atoms with Gasteiger partial charge in [0.05, 0.1) is 18.4 Å². The molecule has 5 heteroatoms. The van der Waals surface area contributed by atoms with Gasteiger partial charge in [0.1, 0.15) is 0 Å². The van der Waals surface area contributed by atoms with Crippen LogP contribution in [-0.4, -0.2) is 14.9 Å². The molecular formula is C23H22N4S. The van der Waals surface area contributed by atoms with E-state index < -0.39 is 0 Å². The molecule has 4 aromatic rings. The molecule has 2 N–H and O–H groups in total. The smallest absolute Gasteiger partial charge is 0.175 e. The lowest BCUT2D eigenvalue weighted by Crippen LogP contribution is -2.19. The second kappa shape index (κ2) is 8.23. The van der Waals surface area contributed by atoms with Gasteiger partial charge >= 0.3 is 0 Å². The Kier molecular flexibility index (Phi) is 5.35. The SMILES string of the molecule is CCc1ccccc1NC(=S)Nc1cnn(Cc2cccc3ccccc23)c1. The average Bonchev–Trinajstić information content (AvgIpc) is 3.15. The van der Waals surface area contributed by atoms with E-state index >= 15 is 0 Å². The molecule has 0 fully saturated rings. The monoisotopic (exact) mass is 386 g/mol. The molecule has 1 aromatic heterocycles. The Hall–Kier alpha value is -3.18. The lowest BCUT2D eigenvalue weighted by atomic mass is 10.0. The maximum atomic E-state index is 5.47. The molecule has 0 aliphatic heterocycles. The zero-order valence-electron chi connectivity index (χ0n) is 15.7. The fourth-order valence-electron chi connectivity index (χ4n) is 3.35. The Morgan fingerprint density at radius 1 is 0.929 bits per heavy atom. The number of nitrogens with zero attached hydrogens (tertiary/aromatic N) is 2. The first kappa shape index (κ1) is 18.2. The standard InChI is InChI=1S/C23H22N4S/c1-2-17-8-4-6-13-22(17)26-23(28)25-20-14-24-27(16-20)15-19-11-7-10-18-9-3-5-12-21(18)19/h3-14,16H,2,15H2,1H3,(H2,25,26,28). The first-order valence-corrected chi connectivity index (χ1v) is 9.79. The third-order valence-corrected chi connectivity index (χ3v) is 4.95. The molecule has 3 aromatic carbocycles. The van der Waals surface area contributed by atoms with Crippen molar-refractivity contribution >= 4 is 39.5 Å². The molecule has 0 atom stereocenters. The van der Waals surface area contributed by atoms with Gasteiger partial charge in [-0.2, -0.15) is 5.10 Å². The predicted molar refractivity (Wildman–Crippen MR) is 121 cm³/mol. The normalized spacial score (nSPS) is 10.8. The van der Waals surface area contributed by atoms with Gasteiger partial charge in [0, 0.05) is 11.9 Å². The Balaban J connectivity index is 1.45. The maximum Gasteiger partial charge on any atom is 0.175 e. The molecule has 0 bridgehead atoms. The summed E-state index contributed by atoms with van der Waals surface area (Å²) in [6, 6.07) is 23.0. The average molecular weight is 387 g/mol. The molecule has 0 amide bonds. The van der Waals surface area contributed by atoms with Crippen LogP contribution in [0.25, 0.3) is 10.8 Å². The molecule has 0 saturated carbocycles. The Morgan fingerprint density at radius 3 is 2.57 bits per heavy atom. The lowest BCUT2D eigenvalue weighted by molar-refractivity contribution is 0.690. The molecule has 0 radical (unpaired) electrons. The van der Waals surface area contributed by atoms with Crippen LogP contribution >= 0.6 is 12.2 Å². The molecule has 0 saturated heterocycles. The number of thiocarbonyl (C=S) groups is 1. The van der Waals surface area contributed by atoms with Crippen molar-refractivity contribution in [3.63, 3.8) is 0 Å². The van der Waals surface area contributed by atoms with Crippen LogP contribution in [0.4, 0.5) is 11.4 Å². The number of aryl methyl sites for hydroxylation is 1. The third-order valence-electron chi connectivity index (χ3n) is 4.75. The Labute approximate surface area is 170 Å². The fourth-order valence-corrected chi connectivity index (χ4v) is 3.58. The van der Waals surface area contributed by atoms with Gasteiger partial charge in [-0.3, -0.25) is 4.68 Å². The molecule has 1 heterocycles. The quantitative estimate of drug-likeness (QED) is 0.447. The van der Waals surface area contributed by atoms with Crippen molar-refractivity contribution in [3.8, 4) is 0 Å². The number of nitrogens with one attached hydrogen (secondary N) is 2. The summed E-state index contributed by atoms with van der Waals surface area (Å²) in [6.45, 7) is 2.84. The largest absolute Gasteiger partial charge is 0.332 e. The highest BCUT2D eigenvalue weighted by molar-refractivity contribution is 7.80. The lowest BCUT2D eigenvalue weighted by Gasteiger charge is -2.12. The van der Waals surface area contributed by atoms with Crippen molar-refractivity contribution in [1.82, 2.24) is 9.78 Å². The van der Waals surface area contributed by atoms with Gasteiger partial charge in [0.25, 0.3) is 0 Å². The van der Waals surface area contributed by atoms with Gasteiger partial charge in [-0.1, -0.05) is 67.6 Å². The summed E-state index contributed by atoms with van der Waals surface area (Å²) in [4.78, 5) is 0. The number of hydrogen-bond acceptors (Lipinski definition) is 2. The van der Waals surface area contributed by atoms with E-state index in [1.54, 1.807) is 6.20 Å². The first-order chi connectivity index (χ1) is 13.7. The van der Waals surface area contributed by atoms with Crippen molar-refractivity contribution in [2.24, 2.45) is 0 Å². The van der Waals surface area contributed by atoms with Crippen LogP contribution in [0.2, 0.25) is 0 Å². The topological polar surface area (TPSA) is 41.9 Å². The summed E-state index contributed by atoms with van der Waals surface area (Å²) in [5.41, 5.74) is 4.38. The van der Waals surface area contributed by atoms with Crippen LogP contribution in [0, 0.1) is 0 Å². The van der Waals surface area contributed by atoms with Crippen LogP contribution in [0.3, 0.4) is 0 Å². The zero-order chi connectivity index (χ0) is 19.3. The molecule has 140 valence electrons. The number of benzene rings is 3. The molecule has 4 rings (SSSR count). The van der Waals surface area contributed by atoms with Crippen LogP contribution in [-0.2, 0) is 13.0 Å². The molecule has 0 unspecified atom stereocenters. The van der Waals surface area contributed by atoms with Crippen molar-refractivity contribution < 1.29 is 0 Å². The minimum absolute atomic E-state index is 0.561. The van der Waals surface area contributed by atoms with Crippen LogP contribution in [0.15, 0.2) is 79.1 Å². The molecule has 28 heavy (non-hydrogen) atoms. The number of anilines is 2. The van der Waals surface area contributed by atoms with E-state index in [2.05, 4.69) is 71.2 Å². The van der Waals surface area contributed by atoms with E-state index in [1.165, 1.54) is 21.9 Å². The molecule has 0 spiro atoms. The highest BCUT2D eigenvalue weighted by Crippen LogP contribution is 2.20. The van der Waals surface area contributed by atoms with E-state index in [9.17, 15) is 0 Å². The summed E-state index contributed by atoms with van der Waals surface area (Å²) >= 11 is 5.47. The van der Waals surface area contributed by atoms with Crippen molar-refractivity contribution in [2.45, 2.75) is 19.9 Å². The van der Waals surface area contributed by atoms with Gasteiger partial charge in [0.2, 0.25) is 0 Å². The second-order valence-electron chi connectivity index (χ2n) is 6.65. The summed E-state index contributed by atoms with van der Waals surface area (Å²) in [6.07, 6.45) is 4.72. The van der Waals surface area contributed by atoms with Crippen molar-refractivity contribution in [1.29, 1.82) is 0 Å².